The Kier molecular flexibility index (Phi) is 9.57. The third-order valence-corrected chi connectivity index (χ3v) is 3.96. The molecule has 0 spiro atoms. The summed E-state index contributed by atoms with van der Waals surface area (Å²) in [6.07, 6.45) is 0.685. The molecule has 1 amide bonds. The molecule has 1 aromatic rings. The Labute approximate surface area is 160 Å². The van der Waals surface area contributed by atoms with E-state index in [1.165, 1.54) is 12.0 Å². The first kappa shape index (κ1) is 22.6. The summed E-state index contributed by atoms with van der Waals surface area (Å²) in [4.78, 5) is 13.8. The number of rotatable bonds is 7. The first-order chi connectivity index (χ1) is 10.2. The zero-order valence-electron chi connectivity index (χ0n) is 14.3. The van der Waals surface area contributed by atoms with Crippen LogP contribution in [0.2, 0.25) is 0 Å². The Morgan fingerprint density at radius 1 is 1.39 bits per heavy atom. The predicted octanol–water partition coefficient (Wildman–Crippen LogP) is -1.53. The number of carbonyl (C=O) groups is 1. The van der Waals surface area contributed by atoms with Gasteiger partial charge in [0.25, 0.3) is 0 Å². The van der Waals surface area contributed by atoms with E-state index in [-0.39, 0.29) is 42.2 Å². The molecule has 0 bridgehead atoms. The number of amides is 1. The number of anilines is 1. The molecule has 1 aromatic carbocycles. The van der Waals surface area contributed by atoms with Crippen LogP contribution in [0.4, 0.5) is 5.69 Å². The third kappa shape index (κ3) is 6.52. The molecule has 0 saturated heterocycles. The number of para-hydroxylation sites is 1. The van der Waals surface area contributed by atoms with E-state index < -0.39 is 21.8 Å². The second-order valence-corrected chi connectivity index (χ2v) is 6.61. The number of nitrogens with zero attached hydrogens (tertiary/aromatic N) is 1. The second kappa shape index (κ2) is 9.76. The zero-order chi connectivity index (χ0) is 16.9. The van der Waals surface area contributed by atoms with Gasteiger partial charge >= 0.3 is 29.6 Å². The van der Waals surface area contributed by atoms with E-state index in [9.17, 15) is 17.8 Å². The van der Waals surface area contributed by atoms with Crippen LogP contribution in [0.15, 0.2) is 18.2 Å². The minimum atomic E-state index is -4.64. The van der Waals surface area contributed by atoms with Crippen molar-refractivity contribution in [2.75, 3.05) is 24.4 Å². The van der Waals surface area contributed by atoms with Crippen molar-refractivity contribution in [3.05, 3.63) is 29.3 Å². The van der Waals surface area contributed by atoms with Crippen LogP contribution in [0.3, 0.4) is 0 Å². The number of benzene rings is 1. The minimum absolute atomic E-state index is 0. The number of ether oxygens (including phenoxy) is 1. The molecular formula is C15H22NNaO5S. The SMILES string of the molecule is CCc1cccc(C)c1N(C(=O)CS(=O)(=O)[O-])[C@@H](C)COC.[Na+]. The van der Waals surface area contributed by atoms with Crippen molar-refractivity contribution < 1.29 is 52.1 Å². The Hall–Kier alpha value is -0.440. The first-order valence-electron chi connectivity index (χ1n) is 7.04. The van der Waals surface area contributed by atoms with E-state index in [1.807, 2.05) is 32.0 Å². The van der Waals surface area contributed by atoms with Crippen molar-refractivity contribution in [3.63, 3.8) is 0 Å². The fraction of sp³-hybridized carbons (Fsp3) is 0.533. The largest absolute Gasteiger partial charge is 1.00 e. The Balaban J connectivity index is 0.00000484. The molecule has 124 valence electrons. The number of hydrogen-bond donors (Lipinski definition) is 0. The summed E-state index contributed by atoms with van der Waals surface area (Å²) < 4.78 is 38.0. The van der Waals surface area contributed by atoms with E-state index in [2.05, 4.69) is 0 Å². The number of aryl methyl sites for hydroxylation is 2. The van der Waals surface area contributed by atoms with Crippen molar-refractivity contribution in [3.8, 4) is 0 Å². The van der Waals surface area contributed by atoms with Gasteiger partial charge in [0, 0.05) is 7.11 Å². The molecule has 0 fully saturated rings. The van der Waals surface area contributed by atoms with Crippen LogP contribution in [-0.4, -0.2) is 44.4 Å². The number of hydrogen-bond acceptors (Lipinski definition) is 5. The molecule has 8 heteroatoms. The molecule has 1 rings (SSSR count). The summed E-state index contributed by atoms with van der Waals surface area (Å²) in [5.74, 6) is -1.79. The van der Waals surface area contributed by atoms with Gasteiger partial charge in [0.2, 0.25) is 5.91 Å². The molecule has 23 heavy (non-hydrogen) atoms. The summed E-state index contributed by atoms with van der Waals surface area (Å²) in [7, 11) is -3.14. The molecule has 0 unspecified atom stereocenters. The van der Waals surface area contributed by atoms with Crippen molar-refractivity contribution in [2.24, 2.45) is 0 Å². The van der Waals surface area contributed by atoms with Gasteiger partial charge in [-0.3, -0.25) is 4.79 Å². The van der Waals surface area contributed by atoms with Crippen LogP contribution < -0.4 is 34.5 Å². The molecular weight excluding hydrogens is 329 g/mol. The molecule has 0 radical (unpaired) electrons. The monoisotopic (exact) mass is 351 g/mol. The molecule has 0 aromatic heterocycles. The maximum atomic E-state index is 12.4. The van der Waals surface area contributed by atoms with E-state index in [0.717, 1.165) is 11.1 Å². The summed E-state index contributed by atoms with van der Waals surface area (Å²) in [5, 5.41) is 0. The van der Waals surface area contributed by atoms with Gasteiger partial charge in [-0.1, -0.05) is 25.1 Å². The van der Waals surface area contributed by atoms with Crippen LogP contribution in [0.1, 0.15) is 25.0 Å². The summed E-state index contributed by atoms with van der Waals surface area (Å²) in [5.41, 5.74) is 2.42. The molecule has 0 aliphatic rings. The average molecular weight is 351 g/mol. The average Bonchev–Trinajstić information content (AvgIpc) is 2.39. The smallest absolute Gasteiger partial charge is 0.748 e. The Morgan fingerprint density at radius 2 is 2.00 bits per heavy atom. The maximum absolute atomic E-state index is 12.4. The summed E-state index contributed by atoms with van der Waals surface area (Å²) in [6, 6.07) is 5.23. The Morgan fingerprint density at radius 3 is 2.48 bits per heavy atom. The predicted molar refractivity (Wildman–Crippen MR) is 83.9 cm³/mol. The van der Waals surface area contributed by atoms with Crippen LogP contribution in [0, 0.1) is 6.92 Å². The van der Waals surface area contributed by atoms with Crippen LogP contribution in [0.5, 0.6) is 0 Å². The molecule has 0 saturated carbocycles. The van der Waals surface area contributed by atoms with Gasteiger partial charge in [-0.15, -0.1) is 0 Å². The number of carbonyl (C=O) groups excluding carboxylic acids is 1. The van der Waals surface area contributed by atoms with Crippen molar-refractivity contribution in [2.45, 2.75) is 33.2 Å². The van der Waals surface area contributed by atoms with Gasteiger partial charge in [-0.2, -0.15) is 0 Å². The van der Waals surface area contributed by atoms with Gasteiger partial charge in [0.1, 0.15) is 15.9 Å². The molecule has 1 atom stereocenters. The summed E-state index contributed by atoms with van der Waals surface area (Å²) >= 11 is 0. The first-order valence-corrected chi connectivity index (χ1v) is 8.62. The molecule has 6 nitrogen and oxygen atoms in total. The van der Waals surface area contributed by atoms with Gasteiger partial charge in [-0.05, 0) is 31.4 Å². The maximum Gasteiger partial charge on any atom is 1.00 e. The Bertz CT molecular complexity index is 633. The second-order valence-electron chi connectivity index (χ2n) is 5.21. The fourth-order valence-corrected chi connectivity index (χ4v) is 2.92. The van der Waals surface area contributed by atoms with E-state index >= 15 is 0 Å². The zero-order valence-corrected chi connectivity index (χ0v) is 17.1. The molecule has 0 aliphatic heterocycles. The van der Waals surface area contributed by atoms with Crippen LogP contribution in [0.25, 0.3) is 0 Å². The van der Waals surface area contributed by atoms with E-state index in [4.69, 9.17) is 4.74 Å². The topological polar surface area (TPSA) is 86.7 Å². The fourth-order valence-electron chi connectivity index (χ4n) is 2.48. The van der Waals surface area contributed by atoms with Gasteiger partial charge < -0.3 is 14.2 Å². The molecule has 0 N–H and O–H groups in total. The van der Waals surface area contributed by atoms with Crippen molar-refractivity contribution in [1.82, 2.24) is 0 Å². The van der Waals surface area contributed by atoms with Crippen LogP contribution >= 0.6 is 0 Å². The molecule has 0 aliphatic carbocycles. The summed E-state index contributed by atoms with van der Waals surface area (Å²) in [6.45, 7) is 5.79. The normalized spacial score (nSPS) is 12.4. The van der Waals surface area contributed by atoms with Gasteiger partial charge in [0.15, 0.2) is 0 Å². The standard InChI is InChI=1S/C15H23NO5S.Na/c1-5-13-8-6-7-11(2)15(13)16(12(3)9-21-4)14(17)10-22(18,19)20;/h6-8,12H,5,9-10H2,1-4H3,(H,18,19,20);/q;+1/p-1/t12-;/m0./s1. The van der Waals surface area contributed by atoms with Gasteiger partial charge in [0.05, 0.1) is 18.3 Å². The van der Waals surface area contributed by atoms with E-state index in [0.29, 0.717) is 12.1 Å². The molecule has 0 heterocycles. The van der Waals surface area contributed by atoms with Crippen LogP contribution in [-0.2, 0) is 26.1 Å². The number of methoxy groups -OCH3 is 1. The third-order valence-electron chi connectivity index (χ3n) is 3.36. The van der Waals surface area contributed by atoms with Gasteiger partial charge in [-0.25, -0.2) is 8.42 Å². The van der Waals surface area contributed by atoms with E-state index in [1.54, 1.807) is 6.92 Å². The quantitative estimate of drug-likeness (QED) is 0.440. The minimum Gasteiger partial charge on any atom is -0.748 e. The van der Waals surface area contributed by atoms with Crippen molar-refractivity contribution in [1.29, 1.82) is 0 Å². The van der Waals surface area contributed by atoms with Crippen molar-refractivity contribution >= 4 is 21.7 Å².